The lowest BCUT2D eigenvalue weighted by Gasteiger charge is -2.45. The van der Waals surface area contributed by atoms with Crippen LogP contribution in [0.4, 0.5) is 0 Å². The van der Waals surface area contributed by atoms with Gasteiger partial charge >= 0.3 is 0 Å². The summed E-state index contributed by atoms with van der Waals surface area (Å²) < 4.78 is 10.8. The van der Waals surface area contributed by atoms with Crippen LogP contribution in [0.5, 0.6) is 11.5 Å². The Bertz CT molecular complexity index is 1090. The Morgan fingerprint density at radius 2 is 1.63 bits per heavy atom. The van der Waals surface area contributed by atoms with Crippen LogP contribution in [-0.2, 0) is 11.2 Å². The molecule has 3 aromatic rings. The SMILES string of the molecule is O=C(c1ccccc1)N1C(=O)C(Cc2ccc3c(c2)OCO3)C1Sc1ccccc1. The average molecular weight is 417 g/mol. The number of rotatable bonds is 5. The summed E-state index contributed by atoms with van der Waals surface area (Å²) in [6.45, 7) is 0.215. The highest BCUT2D eigenvalue weighted by atomic mass is 32.2. The van der Waals surface area contributed by atoms with Gasteiger partial charge in [-0.15, -0.1) is 0 Å². The van der Waals surface area contributed by atoms with Crippen molar-refractivity contribution in [3.05, 3.63) is 90.0 Å². The number of hydrogen-bond donors (Lipinski definition) is 0. The fourth-order valence-corrected chi connectivity index (χ4v) is 5.02. The predicted molar refractivity (Wildman–Crippen MR) is 113 cm³/mol. The van der Waals surface area contributed by atoms with Gasteiger partial charge in [0.1, 0.15) is 5.37 Å². The molecule has 1 fully saturated rings. The van der Waals surface area contributed by atoms with Crippen molar-refractivity contribution in [2.75, 3.05) is 6.79 Å². The zero-order chi connectivity index (χ0) is 20.5. The van der Waals surface area contributed by atoms with E-state index in [2.05, 4.69) is 0 Å². The smallest absolute Gasteiger partial charge is 0.261 e. The van der Waals surface area contributed by atoms with Gasteiger partial charge in [-0.2, -0.15) is 0 Å². The van der Waals surface area contributed by atoms with Gasteiger partial charge in [0.05, 0.1) is 5.92 Å². The van der Waals surface area contributed by atoms with Crippen LogP contribution < -0.4 is 9.47 Å². The predicted octanol–water partition coefficient (Wildman–Crippen LogP) is 4.38. The highest BCUT2D eigenvalue weighted by Gasteiger charge is 2.51. The maximum absolute atomic E-state index is 13.1. The third-order valence-corrected chi connectivity index (χ3v) is 6.61. The van der Waals surface area contributed by atoms with E-state index in [1.165, 1.54) is 4.90 Å². The third kappa shape index (κ3) is 3.44. The van der Waals surface area contributed by atoms with Crippen molar-refractivity contribution < 1.29 is 19.1 Å². The minimum absolute atomic E-state index is 0.144. The second-order valence-electron chi connectivity index (χ2n) is 7.20. The number of likely N-dealkylation sites (tertiary alicyclic amines) is 1. The summed E-state index contributed by atoms with van der Waals surface area (Å²) >= 11 is 1.55. The second kappa shape index (κ2) is 7.88. The number of imide groups is 1. The topological polar surface area (TPSA) is 55.8 Å². The first kappa shape index (κ1) is 18.8. The molecule has 30 heavy (non-hydrogen) atoms. The molecule has 2 aliphatic heterocycles. The molecular weight excluding hydrogens is 398 g/mol. The molecule has 0 aliphatic carbocycles. The van der Waals surface area contributed by atoms with Gasteiger partial charge in [-0.3, -0.25) is 14.5 Å². The van der Waals surface area contributed by atoms with Crippen LogP contribution in [-0.4, -0.2) is 28.9 Å². The molecule has 2 atom stereocenters. The highest BCUT2D eigenvalue weighted by molar-refractivity contribution is 8.00. The van der Waals surface area contributed by atoms with Crippen LogP contribution in [0.2, 0.25) is 0 Å². The molecule has 1 saturated heterocycles. The summed E-state index contributed by atoms with van der Waals surface area (Å²) in [5.74, 6) is 0.729. The van der Waals surface area contributed by atoms with Crippen molar-refractivity contribution in [3.63, 3.8) is 0 Å². The molecule has 3 aromatic carbocycles. The van der Waals surface area contributed by atoms with Gasteiger partial charge in [0.15, 0.2) is 11.5 Å². The second-order valence-corrected chi connectivity index (χ2v) is 8.39. The Hall–Kier alpha value is -3.25. The van der Waals surface area contributed by atoms with Gasteiger partial charge in [0.2, 0.25) is 12.7 Å². The standard InChI is InChI=1S/C24H19NO4S/c26-22(17-7-3-1-4-8-17)25-23(27)19(24(25)30-18-9-5-2-6-10-18)13-16-11-12-20-21(14-16)29-15-28-20/h1-12,14,19,24H,13,15H2. The molecule has 0 N–H and O–H groups in total. The zero-order valence-corrected chi connectivity index (χ0v) is 16.9. The Kier molecular flexibility index (Phi) is 4.93. The van der Waals surface area contributed by atoms with Gasteiger partial charge < -0.3 is 9.47 Å². The molecule has 2 aliphatic rings. The van der Waals surface area contributed by atoms with Gasteiger partial charge in [-0.1, -0.05) is 54.2 Å². The normalized spacial score (nSPS) is 19.5. The molecule has 5 rings (SSSR count). The number of benzene rings is 3. The molecule has 0 spiro atoms. The molecule has 0 bridgehead atoms. The van der Waals surface area contributed by atoms with E-state index in [9.17, 15) is 9.59 Å². The number of carbonyl (C=O) groups is 2. The van der Waals surface area contributed by atoms with Gasteiger partial charge in [-0.25, -0.2) is 0 Å². The minimum Gasteiger partial charge on any atom is -0.454 e. The van der Waals surface area contributed by atoms with Gasteiger partial charge in [-0.05, 0) is 48.4 Å². The lowest BCUT2D eigenvalue weighted by molar-refractivity contribution is -0.145. The maximum Gasteiger partial charge on any atom is 0.261 e. The van der Waals surface area contributed by atoms with Crippen LogP contribution in [0, 0.1) is 5.92 Å². The molecular formula is C24H19NO4S. The van der Waals surface area contributed by atoms with Crippen molar-refractivity contribution in [1.82, 2.24) is 4.90 Å². The van der Waals surface area contributed by atoms with Crippen molar-refractivity contribution in [3.8, 4) is 11.5 Å². The van der Waals surface area contributed by atoms with Gasteiger partial charge in [0, 0.05) is 10.5 Å². The Morgan fingerprint density at radius 3 is 2.40 bits per heavy atom. The van der Waals surface area contributed by atoms with Crippen LogP contribution >= 0.6 is 11.8 Å². The number of β-lactam (4-membered cyclic amide) rings is 1. The number of nitrogens with zero attached hydrogens (tertiary/aromatic N) is 1. The van der Waals surface area contributed by atoms with Crippen molar-refractivity contribution in [2.45, 2.75) is 16.7 Å². The third-order valence-electron chi connectivity index (χ3n) is 5.29. The molecule has 2 unspecified atom stereocenters. The number of ether oxygens (including phenoxy) is 2. The molecule has 2 heterocycles. The lowest BCUT2D eigenvalue weighted by Crippen LogP contribution is -2.62. The van der Waals surface area contributed by atoms with Crippen LogP contribution in [0.15, 0.2) is 83.8 Å². The van der Waals surface area contributed by atoms with Crippen LogP contribution in [0.3, 0.4) is 0 Å². The fraction of sp³-hybridized carbons (Fsp3) is 0.167. The Morgan fingerprint density at radius 1 is 0.933 bits per heavy atom. The number of carbonyl (C=O) groups excluding carboxylic acids is 2. The fourth-order valence-electron chi connectivity index (χ4n) is 3.74. The number of amides is 2. The zero-order valence-electron chi connectivity index (χ0n) is 16.1. The summed E-state index contributed by atoms with van der Waals surface area (Å²) in [5, 5.41) is -0.266. The summed E-state index contributed by atoms with van der Waals surface area (Å²) in [5.41, 5.74) is 1.51. The van der Waals surface area contributed by atoms with Gasteiger partial charge in [0.25, 0.3) is 5.91 Å². The molecule has 5 nitrogen and oxygen atoms in total. The molecule has 2 amide bonds. The Balaban J connectivity index is 1.41. The van der Waals surface area contributed by atoms with Crippen LogP contribution in [0.1, 0.15) is 15.9 Å². The first-order valence-electron chi connectivity index (χ1n) is 9.73. The number of thioether (sulfide) groups is 1. The van der Waals surface area contributed by atoms with E-state index in [4.69, 9.17) is 9.47 Å². The summed E-state index contributed by atoms with van der Waals surface area (Å²) in [7, 11) is 0. The van der Waals surface area contributed by atoms with E-state index in [1.807, 2.05) is 54.6 Å². The molecule has 0 aromatic heterocycles. The monoisotopic (exact) mass is 417 g/mol. The molecule has 0 radical (unpaired) electrons. The Labute approximate surface area is 178 Å². The summed E-state index contributed by atoms with van der Waals surface area (Å²) in [4.78, 5) is 28.5. The van der Waals surface area contributed by atoms with E-state index in [0.717, 1.165) is 16.2 Å². The molecule has 150 valence electrons. The number of hydrogen-bond acceptors (Lipinski definition) is 5. The average Bonchev–Trinajstić information content (AvgIpc) is 3.26. The largest absolute Gasteiger partial charge is 0.454 e. The molecule has 0 saturated carbocycles. The number of fused-ring (bicyclic) bond motifs is 1. The summed E-state index contributed by atoms with van der Waals surface area (Å²) in [6, 6.07) is 24.5. The summed E-state index contributed by atoms with van der Waals surface area (Å²) in [6.07, 6.45) is 0.540. The highest BCUT2D eigenvalue weighted by Crippen LogP contribution is 2.42. The minimum atomic E-state index is -0.289. The van der Waals surface area contributed by atoms with E-state index < -0.39 is 0 Å². The first-order valence-corrected chi connectivity index (χ1v) is 10.6. The van der Waals surface area contributed by atoms with E-state index in [1.54, 1.807) is 36.0 Å². The van der Waals surface area contributed by atoms with E-state index >= 15 is 0 Å². The van der Waals surface area contributed by atoms with Crippen LogP contribution in [0.25, 0.3) is 0 Å². The van der Waals surface area contributed by atoms with Crippen molar-refractivity contribution in [2.24, 2.45) is 5.92 Å². The molecule has 6 heteroatoms. The van der Waals surface area contributed by atoms with E-state index in [-0.39, 0.29) is 29.9 Å². The van der Waals surface area contributed by atoms with Crippen molar-refractivity contribution in [1.29, 1.82) is 0 Å². The van der Waals surface area contributed by atoms with E-state index in [0.29, 0.717) is 17.7 Å². The lowest BCUT2D eigenvalue weighted by atomic mass is 9.89. The first-order chi connectivity index (χ1) is 14.7. The van der Waals surface area contributed by atoms with Crippen molar-refractivity contribution >= 4 is 23.6 Å². The quantitative estimate of drug-likeness (QED) is 0.456. The maximum atomic E-state index is 13.1.